The number of benzene rings is 1. The Labute approximate surface area is 150 Å². The number of carbonyl (C=O) groups excluding carboxylic acids is 1. The number of hydrogen-bond acceptors (Lipinski definition) is 4. The second-order valence-corrected chi connectivity index (χ2v) is 7.24. The molecule has 0 spiro atoms. The smallest absolute Gasteiger partial charge is 0.315 e. The Balaban J connectivity index is 1.50. The van der Waals surface area contributed by atoms with Gasteiger partial charge in [-0.15, -0.1) is 0 Å². The van der Waals surface area contributed by atoms with E-state index in [-0.39, 0.29) is 18.1 Å². The molecule has 1 heterocycles. The number of piperazine rings is 1. The standard InChI is InChI=1S/C19H30N4O2/c1-22-9-11-23(12-10-22)17-7-3-2-5-15(17)13-20-19(25)21-14-16-6-4-8-18(16)24/h2-3,5,7,16,18,24H,4,6,8-14H2,1H3,(H2,20,21,25)/t16-,18+/m1/s1. The number of likely N-dealkylation sites (N-methyl/N-ethyl adjacent to an activating group) is 1. The maximum Gasteiger partial charge on any atom is 0.315 e. The van der Waals surface area contributed by atoms with Gasteiger partial charge in [-0.2, -0.15) is 0 Å². The van der Waals surface area contributed by atoms with Gasteiger partial charge >= 0.3 is 6.03 Å². The zero-order valence-electron chi connectivity index (χ0n) is 15.1. The van der Waals surface area contributed by atoms with Crippen molar-refractivity contribution in [3.63, 3.8) is 0 Å². The second kappa shape index (κ2) is 8.54. The number of rotatable bonds is 5. The molecule has 3 rings (SSSR count). The van der Waals surface area contributed by atoms with Gasteiger partial charge in [0.1, 0.15) is 0 Å². The van der Waals surface area contributed by atoms with Crippen molar-refractivity contribution in [1.82, 2.24) is 15.5 Å². The van der Waals surface area contributed by atoms with Crippen LogP contribution >= 0.6 is 0 Å². The summed E-state index contributed by atoms with van der Waals surface area (Å²) in [4.78, 5) is 16.8. The minimum absolute atomic E-state index is 0.160. The van der Waals surface area contributed by atoms with Gasteiger partial charge in [-0.1, -0.05) is 24.6 Å². The van der Waals surface area contributed by atoms with Gasteiger partial charge in [-0.3, -0.25) is 0 Å². The maximum atomic E-state index is 12.1. The lowest BCUT2D eigenvalue weighted by Crippen LogP contribution is -2.45. The van der Waals surface area contributed by atoms with Crippen molar-refractivity contribution in [3.05, 3.63) is 29.8 Å². The molecule has 6 heteroatoms. The zero-order valence-corrected chi connectivity index (χ0v) is 15.1. The molecular formula is C19H30N4O2. The van der Waals surface area contributed by atoms with E-state index in [1.165, 1.54) is 5.69 Å². The van der Waals surface area contributed by atoms with E-state index in [9.17, 15) is 9.90 Å². The summed E-state index contributed by atoms with van der Waals surface area (Å²) in [6, 6.07) is 8.12. The van der Waals surface area contributed by atoms with E-state index >= 15 is 0 Å². The molecular weight excluding hydrogens is 316 g/mol. The van der Waals surface area contributed by atoms with Crippen molar-refractivity contribution in [1.29, 1.82) is 0 Å². The highest BCUT2D eigenvalue weighted by Crippen LogP contribution is 2.24. The molecule has 0 unspecified atom stereocenters. The van der Waals surface area contributed by atoms with Crippen molar-refractivity contribution in [3.8, 4) is 0 Å². The van der Waals surface area contributed by atoms with Crippen LogP contribution in [0.15, 0.2) is 24.3 Å². The van der Waals surface area contributed by atoms with Crippen LogP contribution in [0.1, 0.15) is 24.8 Å². The fraction of sp³-hybridized carbons (Fsp3) is 0.632. The summed E-state index contributed by atoms with van der Waals surface area (Å²) in [6.07, 6.45) is 2.63. The number of aliphatic hydroxyl groups is 1. The number of carbonyl (C=O) groups is 1. The molecule has 1 saturated carbocycles. The van der Waals surface area contributed by atoms with Crippen molar-refractivity contribution in [2.24, 2.45) is 5.92 Å². The normalized spacial score (nSPS) is 24.3. The lowest BCUT2D eigenvalue weighted by Gasteiger charge is -2.35. The molecule has 6 nitrogen and oxygen atoms in total. The molecule has 25 heavy (non-hydrogen) atoms. The molecule has 1 aromatic rings. The topological polar surface area (TPSA) is 67.8 Å². The Morgan fingerprint density at radius 3 is 2.64 bits per heavy atom. The van der Waals surface area contributed by atoms with Crippen LogP contribution in [0.25, 0.3) is 0 Å². The fourth-order valence-corrected chi connectivity index (χ4v) is 3.73. The fourth-order valence-electron chi connectivity index (χ4n) is 3.73. The first-order valence-electron chi connectivity index (χ1n) is 9.34. The van der Waals surface area contributed by atoms with Crippen molar-refractivity contribution in [2.45, 2.75) is 31.9 Å². The summed E-state index contributed by atoms with van der Waals surface area (Å²) in [5.74, 6) is 0.198. The number of nitrogens with zero attached hydrogens (tertiary/aromatic N) is 2. The predicted octanol–water partition coefficient (Wildman–Crippen LogP) is 1.40. The first kappa shape index (κ1) is 18.0. The maximum absolute atomic E-state index is 12.1. The second-order valence-electron chi connectivity index (χ2n) is 7.24. The Morgan fingerprint density at radius 2 is 1.92 bits per heavy atom. The summed E-state index contributed by atoms with van der Waals surface area (Å²) in [5.41, 5.74) is 2.35. The highest BCUT2D eigenvalue weighted by molar-refractivity contribution is 5.74. The minimum Gasteiger partial charge on any atom is -0.393 e. The SMILES string of the molecule is CN1CCN(c2ccccc2CNC(=O)NC[C@H]2CCC[C@@H]2O)CC1. The van der Waals surface area contributed by atoms with Crippen LogP contribution in [0.4, 0.5) is 10.5 Å². The van der Waals surface area contributed by atoms with Crippen molar-refractivity contribution >= 4 is 11.7 Å². The lowest BCUT2D eigenvalue weighted by atomic mass is 10.1. The average Bonchev–Trinajstić information content (AvgIpc) is 3.04. The van der Waals surface area contributed by atoms with Crippen LogP contribution in [-0.2, 0) is 6.54 Å². The van der Waals surface area contributed by atoms with Gasteiger partial charge in [0.2, 0.25) is 0 Å². The first-order chi connectivity index (χ1) is 12.1. The third kappa shape index (κ3) is 4.86. The summed E-state index contributed by atoms with van der Waals surface area (Å²) >= 11 is 0. The van der Waals surface area contributed by atoms with Crippen LogP contribution in [0.3, 0.4) is 0 Å². The van der Waals surface area contributed by atoms with E-state index in [4.69, 9.17) is 0 Å². The zero-order chi connectivity index (χ0) is 17.6. The molecule has 3 N–H and O–H groups in total. The minimum atomic E-state index is -0.266. The van der Waals surface area contributed by atoms with Crippen LogP contribution in [-0.4, -0.2) is 61.9 Å². The Bertz CT molecular complexity index is 572. The molecule has 138 valence electrons. The predicted molar refractivity (Wildman–Crippen MR) is 99.7 cm³/mol. The molecule has 2 fully saturated rings. The number of aliphatic hydroxyl groups excluding tert-OH is 1. The van der Waals surface area contributed by atoms with Crippen molar-refractivity contribution < 1.29 is 9.90 Å². The van der Waals surface area contributed by atoms with E-state index in [0.717, 1.165) is 51.0 Å². The largest absolute Gasteiger partial charge is 0.393 e. The quantitative estimate of drug-likeness (QED) is 0.754. The van der Waals surface area contributed by atoms with E-state index in [2.05, 4.69) is 45.7 Å². The Hall–Kier alpha value is -1.79. The number of nitrogens with one attached hydrogen (secondary N) is 2. The van der Waals surface area contributed by atoms with Crippen LogP contribution in [0.5, 0.6) is 0 Å². The van der Waals surface area contributed by atoms with Gasteiger partial charge in [0, 0.05) is 50.9 Å². The van der Waals surface area contributed by atoms with Gasteiger partial charge in [-0.25, -0.2) is 4.79 Å². The monoisotopic (exact) mass is 346 g/mol. The summed E-state index contributed by atoms with van der Waals surface area (Å²) in [7, 11) is 2.15. The number of hydrogen-bond donors (Lipinski definition) is 3. The van der Waals surface area contributed by atoms with E-state index in [1.54, 1.807) is 0 Å². The summed E-state index contributed by atoms with van der Waals surface area (Å²) in [5, 5.41) is 15.7. The van der Waals surface area contributed by atoms with Crippen LogP contribution < -0.4 is 15.5 Å². The number of anilines is 1. The summed E-state index contributed by atoms with van der Waals surface area (Å²) < 4.78 is 0. The first-order valence-corrected chi connectivity index (χ1v) is 9.34. The van der Waals surface area contributed by atoms with E-state index < -0.39 is 0 Å². The third-order valence-electron chi connectivity index (χ3n) is 5.42. The van der Waals surface area contributed by atoms with E-state index in [1.807, 2.05) is 6.07 Å². The third-order valence-corrected chi connectivity index (χ3v) is 5.42. The number of amides is 2. The lowest BCUT2D eigenvalue weighted by molar-refractivity contribution is 0.132. The van der Waals surface area contributed by atoms with Gasteiger partial charge in [0.15, 0.2) is 0 Å². The Kier molecular flexibility index (Phi) is 6.15. The Morgan fingerprint density at radius 1 is 1.16 bits per heavy atom. The van der Waals surface area contributed by atoms with Gasteiger partial charge < -0.3 is 25.5 Å². The molecule has 1 saturated heterocycles. The number of para-hydroxylation sites is 1. The average molecular weight is 346 g/mol. The molecule has 1 aliphatic carbocycles. The molecule has 2 amide bonds. The molecule has 2 aliphatic rings. The van der Waals surface area contributed by atoms with Gasteiger partial charge in [0.25, 0.3) is 0 Å². The molecule has 1 aromatic carbocycles. The van der Waals surface area contributed by atoms with Crippen molar-refractivity contribution in [2.75, 3.05) is 44.7 Å². The molecule has 0 aromatic heterocycles. The number of urea groups is 1. The molecule has 2 atom stereocenters. The highest BCUT2D eigenvalue weighted by atomic mass is 16.3. The highest BCUT2D eigenvalue weighted by Gasteiger charge is 2.25. The molecule has 1 aliphatic heterocycles. The molecule has 0 bridgehead atoms. The van der Waals surface area contributed by atoms with Gasteiger partial charge in [0.05, 0.1) is 6.10 Å². The van der Waals surface area contributed by atoms with Crippen LogP contribution in [0, 0.1) is 5.92 Å². The molecule has 0 radical (unpaired) electrons. The van der Waals surface area contributed by atoms with Crippen LogP contribution in [0.2, 0.25) is 0 Å². The van der Waals surface area contributed by atoms with E-state index in [0.29, 0.717) is 13.1 Å². The summed E-state index contributed by atoms with van der Waals surface area (Å²) in [6.45, 7) is 5.21. The van der Waals surface area contributed by atoms with Gasteiger partial charge in [-0.05, 0) is 31.5 Å².